The maximum Gasteiger partial charge on any atom is 0.270 e. The first kappa shape index (κ1) is 23.8. The number of rotatable bonds is 5. The largest absolute Gasteiger partial charge is 0.340 e. The topological polar surface area (TPSA) is 26.8 Å². The summed E-state index contributed by atoms with van der Waals surface area (Å²) < 4.78 is 13.5. The van der Waals surface area contributed by atoms with Gasteiger partial charge in [0.2, 0.25) is 0 Å². The Bertz CT molecular complexity index is 1060. The van der Waals surface area contributed by atoms with E-state index in [4.69, 9.17) is 0 Å². The third-order valence-corrected chi connectivity index (χ3v) is 7.66. The Labute approximate surface area is 208 Å². The lowest BCUT2D eigenvalue weighted by Gasteiger charge is -2.40. The Morgan fingerprint density at radius 1 is 0.886 bits per heavy atom. The molecule has 5 rings (SSSR count). The summed E-state index contributed by atoms with van der Waals surface area (Å²) in [4.78, 5) is 20.5. The predicted octanol–water partition coefficient (Wildman–Crippen LogP) is 5.96. The molecule has 2 aromatic rings. The second-order valence-corrected chi connectivity index (χ2v) is 9.96. The summed E-state index contributed by atoms with van der Waals surface area (Å²) in [6.45, 7) is 4.71. The van der Waals surface area contributed by atoms with Gasteiger partial charge in [-0.25, -0.2) is 4.39 Å². The van der Waals surface area contributed by atoms with E-state index in [1.807, 2.05) is 24.3 Å². The molecule has 0 radical (unpaired) electrons. The van der Waals surface area contributed by atoms with Crippen LogP contribution in [0.3, 0.4) is 0 Å². The summed E-state index contributed by atoms with van der Waals surface area (Å²) in [6, 6.07) is 15.5. The van der Waals surface area contributed by atoms with Gasteiger partial charge in [-0.1, -0.05) is 55.0 Å². The molecule has 2 fully saturated rings. The standard InChI is InChI=1S/C30H36FN3O/c31-26-14-12-24(13-15-26)28-10-5-4-9-25(28)23-34-20-6-1-3-11-29(34)30(35)33-21-16-27(17-22-33)32-18-7-2-8-19-32/h4-6,9-15,20,27H,1-3,7-8,16-19,21-23H2. The average Bonchev–Trinajstić information content (AvgIpc) is 3.15. The molecule has 3 aliphatic rings. The molecule has 1 amide bonds. The molecule has 0 unspecified atom stereocenters. The Morgan fingerprint density at radius 3 is 2.40 bits per heavy atom. The molecule has 5 heteroatoms. The zero-order valence-electron chi connectivity index (χ0n) is 20.5. The average molecular weight is 474 g/mol. The van der Waals surface area contributed by atoms with Crippen LogP contribution in [-0.4, -0.2) is 52.8 Å². The number of nitrogens with zero attached hydrogens (tertiary/aromatic N) is 3. The lowest BCUT2D eigenvalue weighted by molar-refractivity contribution is -0.130. The van der Waals surface area contributed by atoms with Gasteiger partial charge >= 0.3 is 0 Å². The number of carbonyl (C=O) groups excluding carboxylic acids is 1. The van der Waals surface area contributed by atoms with Crippen LogP contribution >= 0.6 is 0 Å². The highest BCUT2D eigenvalue weighted by atomic mass is 19.1. The fourth-order valence-corrected chi connectivity index (χ4v) is 5.70. The van der Waals surface area contributed by atoms with Crippen molar-refractivity contribution in [2.45, 2.75) is 57.5 Å². The van der Waals surface area contributed by atoms with Crippen molar-refractivity contribution in [3.8, 4) is 11.1 Å². The van der Waals surface area contributed by atoms with Crippen molar-refractivity contribution in [1.29, 1.82) is 0 Å². The summed E-state index contributed by atoms with van der Waals surface area (Å²) in [7, 11) is 0. The molecule has 0 spiro atoms. The number of benzene rings is 2. The van der Waals surface area contributed by atoms with E-state index in [0.29, 0.717) is 12.6 Å². The molecule has 3 aliphatic heterocycles. The lowest BCUT2D eigenvalue weighted by Crippen LogP contribution is -2.49. The quantitative estimate of drug-likeness (QED) is 0.536. The van der Waals surface area contributed by atoms with Gasteiger partial charge in [0.1, 0.15) is 11.5 Å². The van der Waals surface area contributed by atoms with Crippen LogP contribution in [0.1, 0.15) is 50.5 Å². The Morgan fingerprint density at radius 2 is 1.63 bits per heavy atom. The van der Waals surface area contributed by atoms with Crippen LogP contribution in [0.2, 0.25) is 0 Å². The van der Waals surface area contributed by atoms with Crippen molar-refractivity contribution in [3.63, 3.8) is 0 Å². The summed E-state index contributed by atoms with van der Waals surface area (Å²) >= 11 is 0. The molecular weight excluding hydrogens is 437 g/mol. The molecule has 0 atom stereocenters. The number of piperidine rings is 2. The predicted molar refractivity (Wildman–Crippen MR) is 139 cm³/mol. The van der Waals surface area contributed by atoms with Gasteiger partial charge < -0.3 is 14.7 Å². The molecule has 0 aromatic heterocycles. The highest BCUT2D eigenvalue weighted by Gasteiger charge is 2.30. The van der Waals surface area contributed by atoms with Crippen LogP contribution in [0.25, 0.3) is 11.1 Å². The van der Waals surface area contributed by atoms with E-state index < -0.39 is 0 Å². The minimum Gasteiger partial charge on any atom is -0.340 e. The number of halogens is 1. The number of hydrogen-bond acceptors (Lipinski definition) is 3. The van der Waals surface area contributed by atoms with Crippen LogP contribution in [0.4, 0.5) is 4.39 Å². The summed E-state index contributed by atoms with van der Waals surface area (Å²) in [5.41, 5.74) is 3.95. The van der Waals surface area contributed by atoms with Crippen molar-refractivity contribution in [3.05, 3.63) is 84.0 Å². The fraction of sp³-hybridized carbons (Fsp3) is 0.433. The minimum atomic E-state index is -0.235. The molecular formula is C30H36FN3O. The van der Waals surface area contributed by atoms with Crippen LogP contribution in [0, 0.1) is 5.82 Å². The maximum absolute atomic E-state index is 13.7. The molecule has 35 heavy (non-hydrogen) atoms. The van der Waals surface area contributed by atoms with E-state index in [-0.39, 0.29) is 11.7 Å². The zero-order chi connectivity index (χ0) is 24.0. The van der Waals surface area contributed by atoms with E-state index in [1.165, 1.54) is 44.5 Å². The first-order chi connectivity index (χ1) is 17.2. The smallest absolute Gasteiger partial charge is 0.270 e. The highest BCUT2D eigenvalue weighted by Crippen LogP contribution is 2.28. The SMILES string of the molecule is O=C(C1=CCCC=CN1Cc1ccccc1-c1ccc(F)cc1)N1CCC(N2CCCCC2)CC1. The van der Waals surface area contributed by atoms with Gasteiger partial charge in [0.15, 0.2) is 0 Å². The van der Waals surface area contributed by atoms with Crippen LogP contribution in [0.15, 0.2) is 72.6 Å². The first-order valence-corrected chi connectivity index (χ1v) is 13.2. The highest BCUT2D eigenvalue weighted by molar-refractivity contribution is 5.93. The number of amides is 1. The zero-order valence-corrected chi connectivity index (χ0v) is 20.5. The molecule has 3 heterocycles. The fourth-order valence-electron chi connectivity index (χ4n) is 5.70. The monoisotopic (exact) mass is 473 g/mol. The number of hydrogen-bond donors (Lipinski definition) is 0. The summed E-state index contributed by atoms with van der Waals surface area (Å²) in [5.74, 6) is -0.0885. The Hall–Kier alpha value is -2.92. The molecule has 0 N–H and O–H groups in total. The van der Waals surface area contributed by atoms with Crippen LogP contribution in [-0.2, 0) is 11.3 Å². The van der Waals surface area contributed by atoms with E-state index >= 15 is 0 Å². The molecule has 0 saturated carbocycles. The number of allylic oxidation sites excluding steroid dienone is 2. The van der Waals surface area contributed by atoms with Gasteiger partial charge in [-0.15, -0.1) is 0 Å². The number of likely N-dealkylation sites (tertiary alicyclic amines) is 2. The first-order valence-electron chi connectivity index (χ1n) is 13.2. The van der Waals surface area contributed by atoms with Gasteiger partial charge in [0.25, 0.3) is 5.91 Å². The Kier molecular flexibility index (Phi) is 7.63. The van der Waals surface area contributed by atoms with Crippen molar-refractivity contribution < 1.29 is 9.18 Å². The van der Waals surface area contributed by atoms with Gasteiger partial charge in [-0.2, -0.15) is 0 Å². The van der Waals surface area contributed by atoms with Gasteiger partial charge in [0.05, 0.1) is 0 Å². The molecule has 2 saturated heterocycles. The van der Waals surface area contributed by atoms with Crippen molar-refractivity contribution in [1.82, 2.24) is 14.7 Å². The van der Waals surface area contributed by atoms with Gasteiger partial charge in [-0.3, -0.25) is 4.79 Å². The molecule has 2 aromatic carbocycles. The van der Waals surface area contributed by atoms with E-state index in [1.54, 1.807) is 0 Å². The minimum absolute atomic E-state index is 0.146. The molecule has 0 aliphatic carbocycles. The van der Waals surface area contributed by atoms with E-state index in [0.717, 1.165) is 61.2 Å². The lowest BCUT2D eigenvalue weighted by atomic mass is 9.98. The van der Waals surface area contributed by atoms with Gasteiger partial charge in [-0.05, 0) is 80.4 Å². The van der Waals surface area contributed by atoms with E-state index in [9.17, 15) is 9.18 Å². The molecule has 184 valence electrons. The van der Waals surface area contributed by atoms with Crippen LogP contribution < -0.4 is 0 Å². The normalized spacial score (nSPS) is 20.0. The summed E-state index contributed by atoms with van der Waals surface area (Å²) in [5, 5.41) is 0. The summed E-state index contributed by atoms with van der Waals surface area (Å²) in [6.07, 6.45) is 14.3. The second-order valence-electron chi connectivity index (χ2n) is 9.96. The maximum atomic E-state index is 13.7. The second kappa shape index (κ2) is 11.2. The Balaban J connectivity index is 1.30. The third kappa shape index (κ3) is 5.67. The number of carbonyl (C=O) groups is 1. The van der Waals surface area contributed by atoms with E-state index in [2.05, 4.69) is 45.2 Å². The van der Waals surface area contributed by atoms with Crippen LogP contribution in [0.5, 0.6) is 0 Å². The molecule has 4 nitrogen and oxygen atoms in total. The van der Waals surface area contributed by atoms with Crippen molar-refractivity contribution >= 4 is 5.91 Å². The third-order valence-electron chi connectivity index (χ3n) is 7.66. The molecule has 0 bridgehead atoms. The van der Waals surface area contributed by atoms with Gasteiger partial charge in [0, 0.05) is 31.9 Å². The van der Waals surface area contributed by atoms with Crippen molar-refractivity contribution in [2.75, 3.05) is 26.2 Å². The van der Waals surface area contributed by atoms with Crippen molar-refractivity contribution in [2.24, 2.45) is 0 Å².